The van der Waals surface area contributed by atoms with E-state index in [1.54, 1.807) is 17.2 Å². The fourth-order valence-corrected chi connectivity index (χ4v) is 12.6. The Labute approximate surface area is 571 Å². The Morgan fingerprint density at radius 3 is 1.39 bits per heavy atom. The number of carbonyl (C=O) groups excluding carboxylic acids is 4. The number of hydrogen-bond donors (Lipinski definition) is 6. The van der Waals surface area contributed by atoms with E-state index >= 15 is 0 Å². The van der Waals surface area contributed by atoms with Crippen LogP contribution < -0.4 is 16.4 Å². The third-order valence-electron chi connectivity index (χ3n) is 16.7. The summed E-state index contributed by atoms with van der Waals surface area (Å²) in [5.41, 5.74) is 22.6. The van der Waals surface area contributed by atoms with E-state index in [0.29, 0.717) is 68.8 Å². The maximum Gasteiger partial charge on any atom is 0.222 e. The summed E-state index contributed by atoms with van der Waals surface area (Å²) in [6.07, 6.45) is 18.7. The number of amides is 4. The van der Waals surface area contributed by atoms with Crippen molar-refractivity contribution in [2.24, 2.45) is 0 Å². The van der Waals surface area contributed by atoms with E-state index in [9.17, 15) is 19.2 Å². The minimum atomic E-state index is 0.0181. The van der Waals surface area contributed by atoms with Gasteiger partial charge in [-0.15, -0.1) is 0 Å². The summed E-state index contributed by atoms with van der Waals surface area (Å²) < 4.78 is 27.5. The largest absolute Gasteiger partial charge is 0.499 e. The van der Waals surface area contributed by atoms with Crippen molar-refractivity contribution in [1.29, 1.82) is 0 Å². The highest BCUT2D eigenvalue weighted by atomic mass is 35.5. The Balaban J connectivity index is 0.000000130. The number of hydrogen-bond acceptors (Lipinski definition) is 16. The molecule has 4 amide bonds. The summed E-state index contributed by atoms with van der Waals surface area (Å²) in [6, 6.07) is 36.6. The predicted molar refractivity (Wildman–Crippen MR) is 377 cm³/mol. The zero-order chi connectivity index (χ0) is 67.9. The molecular formula is C71H81Cl2N15O9. The number of aryl methyl sites for hydroxylation is 2. The van der Waals surface area contributed by atoms with E-state index in [1.165, 1.54) is 32.9 Å². The molecule has 5 aliphatic heterocycles. The van der Waals surface area contributed by atoms with Crippen molar-refractivity contribution in [3.05, 3.63) is 190 Å². The first-order valence-electron chi connectivity index (χ1n) is 32.2. The lowest BCUT2D eigenvalue weighted by atomic mass is 10.0. The van der Waals surface area contributed by atoms with Gasteiger partial charge in [0.1, 0.15) is 28.7 Å². The molecule has 0 bridgehead atoms. The second-order valence-corrected chi connectivity index (χ2v) is 24.0. The predicted octanol–water partition coefficient (Wildman–Crippen LogP) is 11.3. The number of nitrogen functional groups attached to an aromatic ring is 2. The van der Waals surface area contributed by atoms with Crippen molar-refractivity contribution in [2.45, 2.75) is 64.1 Å². The van der Waals surface area contributed by atoms with Crippen LogP contribution in [-0.2, 0) is 42.9 Å². The number of halogens is 2. The van der Waals surface area contributed by atoms with E-state index in [4.69, 9.17) is 58.4 Å². The van der Waals surface area contributed by atoms with Gasteiger partial charge in [-0.3, -0.25) is 19.2 Å². The van der Waals surface area contributed by atoms with Gasteiger partial charge in [0.25, 0.3) is 0 Å². The number of fused-ring (bicyclic) bond motifs is 4. The van der Waals surface area contributed by atoms with Gasteiger partial charge in [0.15, 0.2) is 0 Å². The fraction of sp³-hybridized carbons (Fsp3) is 0.324. The molecule has 11 heterocycles. The molecule has 508 valence electrons. The number of aromatic amines is 4. The van der Waals surface area contributed by atoms with Crippen LogP contribution in [0.4, 0.5) is 17.7 Å². The molecule has 3 atom stereocenters. The molecule has 3 saturated heterocycles. The van der Waals surface area contributed by atoms with Crippen LogP contribution >= 0.6 is 23.2 Å². The molecule has 4 aromatic carbocycles. The van der Waals surface area contributed by atoms with Crippen LogP contribution in [0.25, 0.3) is 49.3 Å². The number of anilines is 3. The second-order valence-electron chi connectivity index (χ2n) is 23.2. The molecule has 8 N–H and O–H groups in total. The van der Waals surface area contributed by atoms with Gasteiger partial charge in [-0.2, -0.15) is 4.98 Å². The van der Waals surface area contributed by atoms with Crippen LogP contribution in [0.15, 0.2) is 152 Å². The van der Waals surface area contributed by atoms with Crippen LogP contribution in [0, 0.1) is 13.8 Å². The van der Waals surface area contributed by atoms with Gasteiger partial charge < -0.3 is 79.6 Å². The summed E-state index contributed by atoms with van der Waals surface area (Å²) in [6.45, 7) is 12.7. The topological polar surface area (TPSA) is 297 Å². The van der Waals surface area contributed by atoms with Crippen molar-refractivity contribution in [1.82, 2.24) is 59.5 Å². The molecule has 3 fully saturated rings. The highest BCUT2D eigenvalue weighted by Gasteiger charge is 2.28. The van der Waals surface area contributed by atoms with Gasteiger partial charge >= 0.3 is 0 Å². The van der Waals surface area contributed by atoms with Gasteiger partial charge in [-0.25, -0.2) is 15.0 Å². The molecule has 26 heteroatoms. The Morgan fingerprint density at radius 1 is 0.464 bits per heavy atom. The molecule has 24 nitrogen and oxygen atoms in total. The van der Waals surface area contributed by atoms with Gasteiger partial charge in [0.05, 0.1) is 56.9 Å². The highest BCUT2D eigenvalue weighted by Crippen LogP contribution is 2.35. The summed E-state index contributed by atoms with van der Waals surface area (Å²) in [5, 5.41) is 5.39. The summed E-state index contributed by atoms with van der Waals surface area (Å²) in [5.74, 6) is 1.40. The number of carbonyl (C=O) groups is 4. The average molecular weight is 1360 g/mol. The van der Waals surface area contributed by atoms with Crippen molar-refractivity contribution >= 4 is 116 Å². The van der Waals surface area contributed by atoms with Crippen molar-refractivity contribution in [3.8, 4) is 0 Å². The minimum absolute atomic E-state index is 0.0181. The van der Waals surface area contributed by atoms with Gasteiger partial charge in [0.2, 0.25) is 37.5 Å². The van der Waals surface area contributed by atoms with E-state index in [-0.39, 0.29) is 24.1 Å². The standard InChI is InChI=1S/C18H21N5O.2C14H16N2O2.C14H14N2O2.C6H8ClNO2.C5H6ClN3/c1-12-10-17(22-18(19)21-12)23-8-3-9-24-11-16(23)14-4-2-5-15-13(14)6-7-20-15;3*17-10-16-7-2-8-18-9-14(16)12-3-1-4-13-11(12)5-6-15-13;7-6-4-10-3-1-2-8(6)5-9;1-3-2-4(6)9-5(7)8-3/h2,4-7,10,16,20H,3,8-9,11H2,1H3,(H2,19,21,22);2*1,3-6,10,14-15H,2,7-9H2;1,3-6,9-10,15H,2,7-8H2;4-5H,1-3H2;2H,1H3,(H2,7,8,9). The number of nitrogens with zero attached hydrogens (tertiary/aromatic N) is 9. The first-order chi connectivity index (χ1) is 47.4. The maximum absolute atomic E-state index is 11.2. The van der Waals surface area contributed by atoms with Gasteiger partial charge in [-0.05, 0) is 117 Å². The molecule has 15 rings (SSSR count). The monoisotopic (exact) mass is 1360 g/mol. The second kappa shape index (κ2) is 35.1. The Bertz CT molecular complexity index is 4100. The van der Waals surface area contributed by atoms with Gasteiger partial charge in [-0.1, -0.05) is 71.7 Å². The number of benzene rings is 4. The van der Waals surface area contributed by atoms with E-state index < -0.39 is 0 Å². The molecule has 0 aliphatic carbocycles. The van der Waals surface area contributed by atoms with Crippen LogP contribution in [0.3, 0.4) is 0 Å². The zero-order valence-corrected chi connectivity index (χ0v) is 55.7. The fourth-order valence-electron chi connectivity index (χ4n) is 12.2. The lowest BCUT2D eigenvalue weighted by molar-refractivity contribution is -0.121. The number of nitrogens with two attached hydrogens (primary N) is 2. The Hall–Kier alpha value is -9.98. The SMILES string of the molecule is Cc1cc(Cl)nc(N)n1.Cc1cc(N2CCCOCC2c2cccc3[nH]ccc23)nc(N)n1.O=CN1CCCOC=C1Cl.O=CN1CCCOC=C1c1cccc2[nH]ccc12.O=CN1CCCOCC1c1cccc2[nH]ccc12.O=CN1CCCOCC1c1cccc2[nH]ccc12. The third-order valence-corrected chi connectivity index (χ3v) is 17.2. The number of rotatable bonds is 9. The molecule has 97 heavy (non-hydrogen) atoms. The molecule has 0 spiro atoms. The quantitative estimate of drug-likeness (QED) is 0.0445. The van der Waals surface area contributed by atoms with Crippen LogP contribution in [0.1, 0.15) is 83.9 Å². The normalized spacial score (nSPS) is 18.2. The molecular weight excluding hydrogens is 1280 g/mol. The van der Waals surface area contributed by atoms with Crippen LogP contribution in [0.2, 0.25) is 5.15 Å². The lowest BCUT2D eigenvalue weighted by Crippen LogP contribution is -2.31. The third kappa shape index (κ3) is 18.3. The Morgan fingerprint density at radius 2 is 0.897 bits per heavy atom. The first kappa shape index (κ1) is 69.8. The summed E-state index contributed by atoms with van der Waals surface area (Å²) in [4.78, 5) is 82.0. The number of ether oxygens (including phenoxy) is 5. The average Bonchev–Trinajstić information content (AvgIpc) is 1.80. The molecule has 3 unspecified atom stereocenters. The smallest absolute Gasteiger partial charge is 0.222 e. The molecule has 0 saturated carbocycles. The van der Waals surface area contributed by atoms with Crippen molar-refractivity contribution in [3.63, 3.8) is 0 Å². The van der Waals surface area contributed by atoms with E-state index in [2.05, 4.69) is 93.3 Å². The van der Waals surface area contributed by atoms with Crippen molar-refractivity contribution in [2.75, 3.05) is 102 Å². The zero-order valence-electron chi connectivity index (χ0n) is 54.2. The minimum Gasteiger partial charge on any atom is -0.499 e. The Kier molecular flexibility index (Phi) is 25.3. The molecule has 10 aromatic rings. The summed E-state index contributed by atoms with van der Waals surface area (Å²) in [7, 11) is 0. The van der Waals surface area contributed by atoms with Gasteiger partial charge in [0, 0.05) is 144 Å². The summed E-state index contributed by atoms with van der Waals surface area (Å²) >= 11 is 11.1. The molecule has 6 aromatic heterocycles. The first-order valence-corrected chi connectivity index (χ1v) is 33.0. The van der Waals surface area contributed by atoms with Crippen molar-refractivity contribution < 1.29 is 42.9 Å². The number of aromatic nitrogens is 8. The van der Waals surface area contributed by atoms with E-state index in [0.717, 1.165) is 158 Å². The highest BCUT2D eigenvalue weighted by molar-refractivity contribution is 6.30. The van der Waals surface area contributed by atoms with Crippen LogP contribution in [-0.4, -0.2) is 171 Å². The molecule has 0 radical (unpaired) electrons. The number of H-pyrrole nitrogens is 4. The van der Waals surface area contributed by atoms with Crippen LogP contribution in [0.5, 0.6) is 0 Å². The maximum atomic E-state index is 11.2. The number of nitrogens with one attached hydrogen (secondary N) is 4. The molecule has 5 aliphatic rings. The lowest BCUT2D eigenvalue weighted by Gasteiger charge is -2.31. The van der Waals surface area contributed by atoms with E-state index in [1.807, 2.05) is 103 Å².